The van der Waals surface area contributed by atoms with Gasteiger partial charge in [-0.25, -0.2) is 0 Å². The van der Waals surface area contributed by atoms with Gasteiger partial charge < -0.3 is 9.88 Å². The summed E-state index contributed by atoms with van der Waals surface area (Å²) in [4.78, 5) is 0. The van der Waals surface area contributed by atoms with Crippen molar-refractivity contribution >= 4 is 0 Å². The quantitative estimate of drug-likeness (QED) is 0.695. The first-order valence-corrected chi connectivity index (χ1v) is 4.03. The summed E-state index contributed by atoms with van der Waals surface area (Å²) in [6, 6.07) is 4.76. The molecule has 11 heavy (non-hydrogen) atoms. The Kier molecular flexibility index (Phi) is 2.71. The molecule has 2 nitrogen and oxygen atoms in total. The molecular formula is C9H16N2. The monoisotopic (exact) mass is 152 g/mol. The summed E-state index contributed by atoms with van der Waals surface area (Å²) in [6.07, 6.45) is 2.07. The predicted molar refractivity (Wildman–Crippen MR) is 47.4 cm³/mol. The van der Waals surface area contributed by atoms with Crippen LogP contribution >= 0.6 is 0 Å². The minimum absolute atomic E-state index is 0.560. The van der Waals surface area contributed by atoms with E-state index in [1.165, 1.54) is 5.69 Å². The summed E-state index contributed by atoms with van der Waals surface area (Å²) in [7, 11) is 2.07. The van der Waals surface area contributed by atoms with Crippen LogP contribution in [0.5, 0.6) is 0 Å². The molecule has 1 aromatic rings. The first kappa shape index (κ1) is 8.34. The third-order valence-electron chi connectivity index (χ3n) is 1.74. The molecule has 0 saturated carbocycles. The Morgan fingerprint density at radius 1 is 1.55 bits per heavy atom. The lowest BCUT2D eigenvalue weighted by atomic mass is 10.3. The smallest absolute Gasteiger partial charge is 0.0361 e. The van der Waals surface area contributed by atoms with E-state index in [1.54, 1.807) is 0 Å². The van der Waals surface area contributed by atoms with Gasteiger partial charge in [0.05, 0.1) is 0 Å². The van der Waals surface area contributed by atoms with Gasteiger partial charge in [0.2, 0.25) is 0 Å². The Labute approximate surface area is 68.2 Å². The first-order valence-electron chi connectivity index (χ1n) is 4.03. The molecule has 0 radical (unpaired) electrons. The van der Waals surface area contributed by atoms with E-state index in [2.05, 4.69) is 49.1 Å². The lowest BCUT2D eigenvalue weighted by Crippen LogP contribution is -2.22. The highest BCUT2D eigenvalue weighted by Gasteiger charge is 1.96. The summed E-state index contributed by atoms with van der Waals surface area (Å²) in [6.45, 7) is 5.27. The third kappa shape index (κ3) is 2.39. The summed E-state index contributed by atoms with van der Waals surface area (Å²) < 4.78 is 2.13. The van der Waals surface area contributed by atoms with Crippen molar-refractivity contribution in [2.75, 3.05) is 0 Å². The highest BCUT2D eigenvalue weighted by atomic mass is 15.0. The number of aromatic nitrogens is 1. The molecule has 1 rings (SSSR count). The van der Waals surface area contributed by atoms with Crippen LogP contribution in [0.1, 0.15) is 19.5 Å². The van der Waals surface area contributed by atoms with Crippen LogP contribution in [0.25, 0.3) is 0 Å². The Morgan fingerprint density at radius 3 is 2.73 bits per heavy atom. The Morgan fingerprint density at radius 2 is 2.27 bits per heavy atom. The van der Waals surface area contributed by atoms with Gasteiger partial charge in [-0.3, -0.25) is 0 Å². The molecule has 0 fully saturated rings. The largest absolute Gasteiger partial charge is 0.353 e. The predicted octanol–water partition coefficient (Wildman–Crippen LogP) is 1.52. The van der Waals surface area contributed by atoms with E-state index in [1.807, 2.05) is 0 Å². The lowest BCUT2D eigenvalue weighted by Gasteiger charge is -2.08. The average molecular weight is 152 g/mol. The second-order valence-corrected chi connectivity index (χ2v) is 3.15. The SMILES string of the molecule is CC(C)NCc1cccn1C. The lowest BCUT2D eigenvalue weighted by molar-refractivity contribution is 0.571. The molecule has 0 unspecified atom stereocenters. The summed E-state index contributed by atoms with van der Waals surface area (Å²) >= 11 is 0. The second-order valence-electron chi connectivity index (χ2n) is 3.15. The molecule has 0 aliphatic rings. The molecule has 0 aliphatic heterocycles. The zero-order chi connectivity index (χ0) is 8.27. The molecular weight excluding hydrogens is 136 g/mol. The molecule has 0 spiro atoms. The molecule has 1 heterocycles. The van der Waals surface area contributed by atoms with Gasteiger partial charge in [0.15, 0.2) is 0 Å². The highest BCUT2D eigenvalue weighted by molar-refractivity contribution is 5.05. The van der Waals surface area contributed by atoms with Crippen molar-refractivity contribution in [3.8, 4) is 0 Å². The number of hydrogen-bond donors (Lipinski definition) is 1. The zero-order valence-electron chi connectivity index (χ0n) is 7.46. The molecule has 62 valence electrons. The molecule has 1 aromatic heterocycles. The normalized spacial score (nSPS) is 10.9. The van der Waals surface area contributed by atoms with Crippen LogP contribution in [0.3, 0.4) is 0 Å². The second kappa shape index (κ2) is 3.58. The maximum atomic E-state index is 3.37. The topological polar surface area (TPSA) is 17.0 Å². The van der Waals surface area contributed by atoms with Crippen molar-refractivity contribution in [1.29, 1.82) is 0 Å². The van der Waals surface area contributed by atoms with E-state index < -0.39 is 0 Å². The maximum absolute atomic E-state index is 3.37. The average Bonchev–Trinajstić information content (AvgIpc) is 2.31. The van der Waals surface area contributed by atoms with E-state index in [4.69, 9.17) is 0 Å². The standard InChI is InChI=1S/C9H16N2/c1-8(2)10-7-9-5-4-6-11(9)3/h4-6,8,10H,7H2,1-3H3. The number of nitrogens with one attached hydrogen (secondary N) is 1. The van der Waals surface area contributed by atoms with Crippen LogP contribution in [-0.2, 0) is 13.6 Å². The molecule has 0 bridgehead atoms. The number of rotatable bonds is 3. The molecule has 1 N–H and O–H groups in total. The van der Waals surface area contributed by atoms with E-state index in [0.29, 0.717) is 6.04 Å². The molecule has 0 amide bonds. The van der Waals surface area contributed by atoms with Crippen LogP contribution in [0.4, 0.5) is 0 Å². The fourth-order valence-corrected chi connectivity index (χ4v) is 0.989. The van der Waals surface area contributed by atoms with Crippen molar-refractivity contribution in [3.05, 3.63) is 24.0 Å². The first-order chi connectivity index (χ1) is 5.20. The minimum Gasteiger partial charge on any atom is -0.353 e. The van der Waals surface area contributed by atoms with Crippen LogP contribution in [0.2, 0.25) is 0 Å². The number of aryl methyl sites for hydroxylation is 1. The Hall–Kier alpha value is -0.760. The van der Waals surface area contributed by atoms with Gasteiger partial charge in [0.25, 0.3) is 0 Å². The molecule has 0 atom stereocenters. The maximum Gasteiger partial charge on any atom is 0.0361 e. The van der Waals surface area contributed by atoms with Crippen molar-refractivity contribution < 1.29 is 0 Å². The van der Waals surface area contributed by atoms with E-state index in [-0.39, 0.29) is 0 Å². The van der Waals surface area contributed by atoms with Gasteiger partial charge in [0.1, 0.15) is 0 Å². The summed E-state index contributed by atoms with van der Waals surface area (Å²) in [5.74, 6) is 0. The number of hydrogen-bond acceptors (Lipinski definition) is 1. The minimum atomic E-state index is 0.560. The van der Waals surface area contributed by atoms with E-state index in [9.17, 15) is 0 Å². The van der Waals surface area contributed by atoms with Crippen LogP contribution in [0.15, 0.2) is 18.3 Å². The fraction of sp³-hybridized carbons (Fsp3) is 0.556. The Bertz CT molecular complexity index is 213. The highest BCUT2D eigenvalue weighted by Crippen LogP contribution is 1.98. The molecule has 0 aliphatic carbocycles. The van der Waals surface area contributed by atoms with E-state index >= 15 is 0 Å². The summed E-state index contributed by atoms with van der Waals surface area (Å²) in [5.41, 5.74) is 1.33. The van der Waals surface area contributed by atoms with Crippen molar-refractivity contribution in [2.45, 2.75) is 26.4 Å². The van der Waals surface area contributed by atoms with Crippen molar-refractivity contribution in [3.63, 3.8) is 0 Å². The van der Waals surface area contributed by atoms with Gasteiger partial charge in [-0.1, -0.05) is 13.8 Å². The van der Waals surface area contributed by atoms with Gasteiger partial charge in [-0.15, -0.1) is 0 Å². The van der Waals surface area contributed by atoms with Gasteiger partial charge in [-0.05, 0) is 12.1 Å². The summed E-state index contributed by atoms with van der Waals surface area (Å²) in [5, 5.41) is 3.37. The van der Waals surface area contributed by atoms with Crippen LogP contribution in [0, 0.1) is 0 Å². The van der Waals surface area contributed by atoms with E-state index in [0.717, 1.165) is 6.54 Å². The molecule has 2 heteroatoms. The number of nitrogens with zero attached hydrogens (tertiary/aromatic N) is 1. The fourth-order valence-electron chi connectivity index (χ4n) is 0.989. The van der Waals surface area contributed by atoms with Crippen molar-refractivity contribution in [2.24, 2.45) is 7.05 Å². The van der Waals surface area contributed by atoms with Gasteiger partial charge >= 0.3 is 0 Å². The molecule has 0 saturated heterocycles. The Balaban J connectivity index is 2.44. The van der Waals surface area contributed by atoms with Crippen LogP contribution in [-0.4, -0.2) is 10.6 Å². The van der Waals surface area contributed by atoms with Crippen molar-refractivity contribution in [1.82, 2.24) is 9.88 Å². The van der Waals surface area contributed by atoms with Gasteiger partial charge in [-0.2, -0.15) is 0 Å². The molecule has 0 aromatic carbocycles. The van der Waals surface area contributed by atoms with Gasteiger partial charge in [0, 0.05) is 31.5 Å². The third-order valence-corrected chi connectivity index (χ3v) is 1.74. The zero-order valence-corrected chi connectivity index (χ0v) is 7.46. The van der Waals surface area contributed by atoms with Crippen LogP contribution < -0.4 is 5.32 Å².